The Morgan fingerprint density at radius 2 is 2.25 bits per heavy atom. The Bertz CT molecular complexity index is 494. The fourth-order valence-corrected chi connectivity index (χ4v) is 1.75. The highest BCUT2D eigenvalue weighted by molar-refractivity contribution is 9.10. The molecule has 2 rings (SSSR count). The van der Waals surface area contributed by atoms with E-state index in [4.69, 9.17) is 0 Å². The first-order chi connectivity index (χ1) is 7.65. The summed E-state index contributed by atoms with van der Waals surface area (Å²) in [4.78, 5) is 8.08. The van der Waals surface area contributed by atoms with Crippen molar-refractivity contribution in [3.8, 4) is 0 Å². The second kappa shape index (κ2) is 4.61. The van der Waals surface area contributed by atoms with Gasteiger partial charge in [-0.1, -0.05) is 0 Å². The molecule has 0 bridgehead atoms. The number of hydrogen-bond acceptors (Lipinski definition) is 4. The Kier molecular flexibility index (Phi) is 3.19. The topological polar surface area (TPSA) is 55.6 Å². The molecule has 2 heterocycles. The summed E-state index contributed by atoms with van der Waals surface area (Å²) in [6, 6.07) is 1.84. The molecule has 0 amide bonds. The van der Waals surface area contributed by atoms with Crippen molar-refractivity contribution in [2.75, 3.05) is 5.32 Å². The summed E-state index contributed by atoms with van der Waals surface area (Å²) in [6.45, 7) is 2.70. The van der Waals surface area contributed by atoms with Crippen molar-refractivity contribution in [3.63, 3.8) is 0 Å². The van der Waals surface area contributed by atoms with Gasteiger partial charge in [-0.3, -0.25) is 4.68 Å². The second-order valence-electron chi connectivity index (χ2n) is 3.49. The first-order valence-electron chi connectivity index (χ1n) is 4.85. The van der Waals surface area contributed by atoms with Crippen LogP contribution in [0, 0.1) is 6.92 Å². The van der Waals surface area contributed by atoms with Gasteiger partial charge in [-0.15, -0.1) is 0 Å². The molecule has 0 spiro atoms. The van der Waals surface area contributed by atoms with Gasteiger partial charge in [-0.05, 0) is 22.9 Å². The third kappa shape index (κ3) is 2.57. The summed E-state index contributed by atoms with van der Waals surface area (Å²) in [5.41, 5.74) is 2.19. The Morgan fingerprint density at radius 1 is 1.44 bits per heavy atom. The summed E-state index contributed by atoms with van der Waals surface area (Å²) < 4.78 is 2.58. The van der Waals surface area contributed by atoms with Gasteiger partial charge in [-0.2, -0.15) is 5.10 Å². The quantitative estimate of drug-likeness (QED) is 0.873. The standard InChI is InChI=1S/C10H12BrN5/c1-7-8(5-16(2)15-7)4-12-10-3-9(11)13-6-14-10/h3,5-6H,4H2,1-2H3,(H,12,13,14). The molecule has 0 aliphatic rings. The molecule has 1 N–H and O–H groups in total. The zero-order valence-corrected chi connectivity index (χ0v) is 10.7. The van der Waals surface area contributed by atoms with Crippen molar-refractivity contribution in [3.05, 3.63) is 34.5 Å². The maximum atomic E-state index is 4.28. The fraction of sp³-hybridized carbons (Fsp3) is 0.300. The van der Waals surface area contributed by atoms with Crippen molar-refractivity contribution in [2.24, 2.45) is 7.05 Å². The Balaban J connectivity index is 2.05. The predicted molar refractivity (Wildman–Crippen MR) is 65.0 cm³/mol. The van der Waals surface area contributed by atoms with E-state index in [2.05, 4.69) is 36.3 Å². The van der Waals surface area contributed by atoms with E-state index < -0.39 is 0 Å². The number of anilines is 1. The average Bonchev–Trinajstić information content (AvgIpc) is 2.54. The van der Waals surface area contributed by atoms with E-state index >= 15 is 0 Å². The van der Waals surface area contributed by atoms with Crippen LogP contribution in [-0.4, -0.2) is 19.7 Å². The Hall–Kier alpha value is -1.43. The number of aromatic nitrogens is 4. The smallest absolute Gasteiger partial charge is 0.130 e. The first kappa shape index (κ1) is 11.1. The van der Waals surface area contributed by atoms with E-state index in [0.717, 1.165) is 21.7 Å². The van der Waals surface area contributed by atoms with Crippen LogP contribution in [0.2, 0.25) is 0 Å². The van der Waals surface area contributed by atoms with Gasteiger partial charge in [0.25, 0.3) is 0 Å². The first-order valence-corrected chi connectivity index (χ1v) is 5.65. The van der Waals surface area contributed by atoms with Crippen molar-refractivity contribution in [1.29, 1.82) is 0 Å². The Labute approximate surface area is 102 Å². The van der Waals surface area contributed by atoms with Crippen LogP contribution in [0.15, 0.2) is 23.2 Å². The molecule has 84 valence electrons. The number of rotatable bonds is 3. The second-order valence-corrected chi connectivity index (χ2v) is 4.31. The third-order valence-corrected chi connectivity index (χ3v) is 2.64. The number of nitrogens with zero attached hydrogens (tertiary/aromatic N) is 4. The van der Waals surface area contributed by atoms with Gasteiger partial charge in [0.2, 0.25) is 0 Å². The highest BCUT2D eigenvalue weighted by Gasteiger charge is 2.03. The van der Waals surface area contributed by atoms with Gasteiger partial charge in [0.1, 0.15) is 16.7 Å². The molecule has 0 atom stereocenters. The van der Waals surface area contributed by atoms with E-state index in [1.165, 1.54) is 6.33 Å². The van der Waals surface area contributed by atoms with Crippen LogP contribution in [0.4, 0.5) is 5.82 Å². The van der Waals surface area contributed by atoms with Gasteiger partial charge in [0.05, 0.1) is 5.69 Å². The number of nitrogens with one attached hydrogen (secondary N) is 1. The van der Waals surface area contributed by atoms with Crippen LogP contribution < -0.4 is 5.32 Å². The van der Waals surface area contributed by atoms with Crippen molar-refractivity contribution >= 4 is 21.7 Å². The van der Waals surface area contributed by atoms with E-state index in [1.54, 1.807) is 0 Å². The van der Waals surface area contributed by atoms with Crippen LogP contribution in [0.25, 0.3) is 0 Å². The lowest BCUT2D eigenvalue weighted by molar-refractivity contribution is 0.756. The summed E-state index contributed by atoms with van der Waals surface area (Å²) in [5.74, 6) is 0.796. The van der Waals surface area contributed by atoms with E-state index in [1.807, 2.05) is 30.9 Å². The predicted octanol–water partition coefficient (Wildman–Crippen LogP) is 1.89. The minimum atomic E-state index is 0.711. The van der Waals surface area contributed by atoms with E-state index in [-0.39, 0.29) is 0 Å². The molecule has 6 heteroatoms. The van der Waals surface area contributed by atoms with Crippen LogP contribution in [0.1, 0.15) is 11.3 Å². The molecule has 0 aliphatic carbocycles. The summed E-state index contributed by atoms with van der Waals surface area (Å²) in [5, 5.41) is 7.50. The lowest BCUT2D eigenvalue weighted by Gasteiger charge is -2.03. The molecule has 0 aromatic carbocycles. The largest absolute Gasteiger partial charge is 0.366 e. The lowest BCUT2D eigenvalue weighted by atomic mass is 10.2. The van der Waals surface area contributed by atoms with Gasteiger partial charge in [0, 0.05) is 31.4 Å². The molecule has 16 heavy (non-hydrogen) atoms. The summed E-state index contributed by atoms with van der Waals surface area (Å²) in [6.07, 6.45) is 3.51. The Morgan fingerprint density at radius 3 is 2.88 bits per heavy atom. The molecular weight excluding hydrogens is 270 g/mol. The lowest BCUT2D eigenvalue weighted by Crippen LogP contribution is -2.01. The van der Waals surface area contributed by atoms with Gasteiger partial charge in [-0.25, -0.2) is 9.97 Å². The highest BCUT2D eigenvalue weighted by atomic mass is 79.9. The molecular formula is C10H12BrN5. The van der Waals surface area contributed by atoms with Gasteiger partial charge >= 0.3 is 0 Å². The number of aryl methyl sites for hydroxylation is 2. The SMILES string of the molecule is Cc1nn(C)cc1CNc1cc(Br)ncn1. The average molecular weight is 282 g/mol. The van der Waals surface area contributed by atoms with Crippen LogP contribution in [0.5, 0.6) is 0 Å². The van der Waals surface area contributed by atoms with E-state index in [0.29, 0.717) is 6.54 Å². The van der Waals surface area contributed by atoms with E-state index in [9.17, 15) is 0 Å². The summed E-state index contributed by atoms with van der Waals surface area (Å²) >= 11 is 3.30. The van der Waals surface area contributed by atoms with Crippen LogP contribution in [-0.2, 0) is 13.6 Å². The minimum absolute atomic E-state index is 0.711. The zero-order valence-electron chi connectivity index (χ0n) is 9.11. The minimum Gasteiger partial charge on any atom is -0.366 e. The van der Waals surface area contributed by atoms with Crippen molar-refractivity contribution in [1.82, 2.24) is 19.7 Å². The number of hydrogen-bond donors (Lipinski definition) is 1. The molecule has 0 radical (unpaired) electrons. The molecule has 0 aliphatic heterocycles. The van der Waals surface area contributed by atoms with Gasteiger partial charge < -0.3 is 5.32 Å². The van der Waals surface area contributed by atoms with Crippen molar-refractivity contribution in [2.45, 2.75) is 13.5 Å². The number of halogens is 1. The maximum Gasteiger partial charge on any atom is 0.130 e. The molecule has 5 nitrogen and oxygen atoms in total. The van der Waals surface area contributed by atoms with Crippen LogP contribution >= 0.6 is 15.9 Å². The van der Waals surface area contributed by atoms with Crippen molar-refractivity contribution < 1.29 is 0 Å². The maximum absolute atomic E-state index is 4.28. The monoisotopic (exact) mass is 281 g/mol. The normalized spacial score (nSPS) is 10.4. The van der Waals surface area contributed by atoms with Crippen LogP contribution in [0.3, 0.4) is 0 Å². The molecule has 2 aromatic heterocycles. The summed E-state index contributed by atoms with van der Waals surface area (Å²) in [7, 11) is 1.91. The fourth-order valence-electron chi connectivity index (χ4n) is 1.44. The molecule has 0 unspecified atom stereocenters. The highest BCUT2D eigenvalue weighted by Crippen LogP contribution is 2.12. The molecule has 0 saturated carbocycles. The molecule has 0 saturated heterocycles. The molecule has 0 fully saturated rings. The zero-order chi connectivity index (χ0) is 11.5. The van der Waals surface area contributed by atoms with Gasteiger partial charge in [0.15, 0.2) is 0 Å². The molecule has 2 aromatic rings. The third-order valence-electron chi connectivity index (χ3n) is 2.21.